The number of rotatable bonds is 4. The highest BCUT2D eigenvalue weighted by molar-refractivity contribution is 5.33. The van der Waals surface area contributed by atoms with Gasteiger partial charge in [0, 0.05) is 18.6 Å². The van der Waals surface area contributed by atoms with Gasteiger partial charge >= 0.3 is 0 Å². The first-order valence-corrected chi connectivity index (χ1v) is 5.96. The van der Waals surface area contributed by atoms with Crippen LogP contribution in [0.2, 0.25) is 0 Å². The molecule has 0 bridgehead atoms. The van der Waals surface area contributed by atoms with Crippen LogP contribution in [0.1, 0.15) is 36.6 Å². The third-order valence-corrected chi connectivity index (χ3v) is 3.31. The summed E-state index contributed by atoms with van der Waals surface area (Å²) in [5, 5.41) is 0. The van der Waals surface area contributed by atoms with Crippen molar-refractivity contribution in [1.29, 1.82) is 0 Å². The van der Waals surface area contributed by atoms with E-state index in [1.807, 2.05) is 0 Å². The van der Waals surface area contributed by atoms with E-state index in [0.717, 1.165) is 0 Å². The van der Waals surface area contributed by atoms with Gasteiger partial charge in [-0.1, -0.05) is 23.8 Å². The Labute approximate surface area is 99.5 Å². The van der Waals surface area contributed by atoms with Gasteiger partial charge in [0.15, 0.2) is 0 Å². The molecule has 2 heteroatoms. The Balaban J connectivity index is 3.04. The lowest BCUT2D eigenvalue weighted by Gasteiger charge is -2.31. The smallest absolute Gasteiger partial charge is 0.0472 e. The molecule has 1 unspecified atom stereocenters. The first-order chi connectivity index (χ1) is 7.47. The molecule has 0 aromatic heterocycles. The molecule has 2 N–H and O–H groups in total. The summed E-state index contributed by atoms with van der Waals surface area (Å²) in [7, 11) is 2.14. The van der Waals surface area contributed by atoms with Crippen LogP contribution in [0.25, 0.3) is 0 Å². The van der Waals surface area contributed by atoms with Crippen LogP contribution < -0.4 is 5.73 Å². The van der Waals surface area contributed by atoms with E-state index in [9.17, 15) is 0 Å². The van der Waals surface area contributed by atoms with E-state index in [2.05, 4.69) is 57.8 Å². The summed E-state index contributed by atoms with van der Waals surface area (Å²) in [6, 6.07) is 7.43. The Morgan fingerprint density at radius 2 is 1.88 bits per heavy atom. The van der Waals surface area contributed by atoms with Crippen molar-refractivity contribution >= 4 is 0 Å². The van der Waals surface area contributed by atoms with Gasteiger partial charge in [0.1, 0.15) is 0 Å². The fraction of sp³-hybridized carbons (Fsp3) is 0.571. The first-order valence-electron chi connectivity index (χ1n) is 5.96. The Morgan fingerprint density at radius 3 is 2.31 bits per heavy atom. The molecule has 0 aliphatic heterocycles. The van der Waals surface area contributed by atoms with Gasteiger partial charge < -0.3 is 5.73 Å². The van der Waals surface area contributed by atoms with Crippen LogP contribution in [0.3, 0.4) is 0 Å². The molecule has 0 saturated carbocycles. The number of benzene rings is 1. The van der Waals surface area contributed by atoms with Crippen molar-refractivity contribution < 1.29 is 0 Å². The molecule has 1 rings (SSSR count). The van der Waals surface area contributed by atoms with Gasteiger partial charge in [-0.05, 0) is 45.9 Å². The lowest BCUT2D eigenvalue weighted by atomic mass is 9.97. The summed E-state index contributed by atoms with van der Waals surface area (Å²) >= 11 is 0. The van der Waals surface area contributed by atoms with E-state index in [1.165, 1.54) is 16.7 Å². The lowest BCUT2D eigenvalue weighted by molar-refractivity contribution is 0.200. The van der Waals surface area contributed by atoms with Crippen LogP contribution in [0.5, 0.6) is 0 Å². The van der Waals surface area contributed by atoms with Crippen molar-refractivity contribution in [3.05, 3.63) is 34.9 Å². The normalized spacial score (nSPS) is 13.5. The van der Waals surface area contributed by atoms with Crippen LogP contribution >= 0.6 is 0 Å². The zero-order chi connectivity index (χ0) is 12.3. The van der Waals surface area contributed by atoms with Gasteiger partial charge in [0.2, 0.25) is 0 Å². The van der Waals surface area contributed by atoms with E-state index >= 15 is 0 Å². The molecular formula is C14H24N2. The average molecular weight is 220 g/mol. The summed E-state index contributed by atoms with van der Waals surface area (Å²) in [5.74, 6) is 0. The largest absolute Gasteiger partial charge is 0.329 e. The van der Waals surface area contributed by atoms with E-state index in [-0.39, 0.29) is 0 Å². The van der Waals surface area contributed by atoms with Gasteiger partial charge in [-0.25, -0.2) is 0 Å². The van der Waals surface area contributed by atoms with Gasteiger partial charge in [-0.2, -0.15) is 0 Å². The maximum absolute atomic E-state index is 5.91. The minimum absolute atomic E-state index is 0.320. The Hall–Kier alpha value is -0.860. The maximum Gasteiger partial charge on any atom is 0.0472 e. The van der Waals surface area contributed by atoms with E-state index in [4.69, 9.17) is 5.73 Å². The zero-order valence-corrected chi connectivity index (χ0v) is 11.1. The Bertz CT molecular complexity index is 345. The predicted octanol–water partition coefficient (Wildman–Crippen LogP) is 2.64. The number of likely N-dealkylation sites (N-methyl/N-ethyl adjacent to an activating group) is 1. The van der Waals surface area contributed by atoms with Crippen molar-refractivity contribution in [1.82, 2.24) is 4.90 Å². The molecule has 1 aromatic rings. The molecule has 0 amide bonds. The minimum atomic E-state index is 0.320. The molecule has 1 aromatic carbocycles. The second-order valence-corrected chi connectivity index (χ2v) is 4.87. The maximum atomic E-state index is 5.91. The molecule has 2 nitrogen and oxygen atoms in total. The molecule has 90 valence electrons. The monoisotopic (exact) mass is 220 g/mol. The Morgan fingerprint density at radius 1 is 1.25 bits per heavy atom. The predicted molar refractivity (Wildman–Crippen MR) is 70.6 cm³/mol. The second-order valence-electron chi connectivity index (χ2n) is 4.87. The summed E-state index contributed by atoms with van der Waals surface area (Å²) < 4.78 is 0. The molecule has 1 atom stereocenters. The third-order valence-electron chi connectivity index (χ3n) is 3.31. The second kappa shape index (κ2) is 5.46. The van der Waals surface area contributed by atoms with Gasteiger partial charge in [0.05, 0.1) is 0 Å². The highest BCUT2D eigenvalue weighted by Crippen LogP contribution is 2.24. The quantitative estimate of drug-likeness (QED) is 0.845. The molecular weight excluding hydrogens is 196 g/mol. The summed E-state index contributed by atoms with van der Waals surface area (Å²) in [4.78, 5) is 2.33. The topological polar surface area (TPSA) is 29.3 Å². The Kier molecular flexibility index (Phi) is 4.51. The lowest BCUT2D eigenvalue weighted by Crippen LogP contribution is -2.35. The molecule has 0 fully saturated rings. The van der Waals surface area contributed by atoms with Crippen LogP contribution in [0, 0.1) is 13.8 Å². The SMILES string of the molecule is Cc1ccc(C(CN)N(C)C(C)C)c(C)c1. The fourth-order valence-electron chi connectivity index (χ4n) is 2.07. The molecule has 0 saturated heterocycles. The van der Waals surface area contributed by atoms with E-state index in [0.29, 0.717) is 18.6 Å². The van der Waals surface area contributed by atoms with Crippen LogP contribution in [-0.2, 0) is 0 Å². The van der Waals surface area contributed by atoms with Crippen molar-refractivity contribution in [3.63, 3.8) is 0 Å². The number of nitrogens with two attached hydrogens (primary N) is 1. The van der Waals surface area contributed by atoms with Crippen molar-refractivity contribution in [2.75, 3.05) is 13.6 Å². The number of nitrogens with zero attached hydrogens (tertiary/aromatic N) is 1. The number of hydrogen-bond donors (Lipinski definition) is 1. The third kappa shape index (κ3) is 2.83. The van der Waals surface area contributed by atoms with Crippen molar-refractivity contribution in [2.45, 2.75) is 39.8 Å². The van der Waals surface area contributed by atoms with Gasteiger partial charge in [-0.3, -0.25) is 4.90 Å². The highest BCUT2D eigenvalue weighted by Gasteiger charge is 2.19. The van der Waals surface area contributed by atoms with Crippen molar-refractivity contribution in [2.24, 2.45) is 5.73 Å². The van der Waals surface area contributed by atoms with Crippen LogP contribution in [-0.4, -0.2) is 24.5 Å². The fourth-order valence-corrected chi connectivity index (χ4v) is 2.07. The number of aryl methyl sites for hydroxylation is 2. The van der Waals surface area contributed by atoms with Crippen LogP contribution in [0.4, 0.5) is 0 Å². The summed E-state index contributed by atoms with van der Waals surface area (Å²) in [6.07, 6.45) is 0. The molecule has 16 heavy (non-hydrogen) atoms. The van der Waals surface area contributed by atoms with Gasteiger partial charge in [0.25, 0.3) is 0 Å². The van der Waals surface area contributed by atoms with E-state index in [1.54, 1.807) is 0 Å². The summed E-state index contributed by atoms with van der Waals surface area (Å²) in [6.45, 7) is 9.36. The first kappa shape index (κ1) is 13.2. The molecule has 0 spiro atoms. The highest BCUT2D eigenvalue weighted by atomic mass is 15.2. The van der Waals surface area contributed by atoms with Gasteiger partial charge in [-0.15, -0.1) is 0 Å². The minimum Gasteiger partial charge on any atom is -0.329 e. The standard InChI is InChI=1S/C14H24N2/c1-10(2)16(5)14(9-15)13-7-6-11(3)8-12(13)4/h6-8,10,14H,9,15H2,1-5H3. The summed E-state index contributed by atoms with van der Waals surface area (Å²) in [5.41, 5.74) is 9.91. The molecule has 0 radical (unpaired) electrons. The van der Waals surface area contributed by atoms with Crippen LogP contribution in [0.15, 0.2) is 18.2 Å². The number of hydrogen-bond acceptors (Lipinski definition) is 2. The molecule has 0 heterocycles. The molecule has 0 aliphatic carbocycles. The van der Waals surface area contributed by atoms with Crippen molar-refractivity contribution in [3.8, 4) is 0 Å². The average Bonchev–Trinajstić information content (AvgIpc) is 2.21. The van der Waals surface area contributed by atoms with E-state index < -0.39 is 0 Å². The molecule has 0 aliphatic rings. The zero-order valence-electron chi connectivity index (χ0n) is 11.1.